The van der Waals surface area contributed by atoms with Crippen molar-refractivity contribution < 1.29 is 14.3 Å². The van der Waals surface area contributed by atoms with Crippen LogP contribution in [0.3, 0.4) is 0 Å². The molecule has 2 N–H and O–H groups in total. The van der Waals surface area contributed by atoms with Gasteiger partial charge in [-0.3, -0.25) is 9.59 Å². The summed E-state index contributed by atoms with van der Waals surface area (Å²) in [6, 6.07) is 7.07. The average molecular weight is 461 g/mol. The summed E-state index contributed by atoms with van der Waals surface area (Å²) < 4.78 is 6.83. The van der Waals surface area contributed by atoms with Crippen LogP contribution >= 0.6 is 23.1 Å². The normalized spacial score (nSPS) is 11.8. The van der Waals surface area contributed by atoms with Crippen molar-refractivity contribution in [2.45, 2.75) is 37.6 Å². The molecule has 11 heteroatoms. The third kappa shape index (κ3) is 5.82. The van der Waals surface area contributed by atoms with Crippen LogP contribution in [-0.2, 0) is 23.1 Å². The second-order valence-corrected chi connectivity index (χ2v) is 9.33. The van der Waals surface area contributed by atoms with Crippen LogP contribution in [0.4, 0.5) is 10.8 Å². The van der Waals surface area contributed by atoms with Gasteiger partial charge in [-0.1, -0.05) is 11.8 Å². The van der Waals surface area contributed by atoms with Gasteiger partial charge in [-0.15, -0.1) is 21.5 Å². The molecule has 2 heterocycles. The fraction of sp³-hybridized carbons (Fsp3) is 0.350. The Hall–Kier alpha value is -2.92. The number of amides is 2. The van der Waals surface area contributed by atoms with Crippen molar-refractivity contribution in [3.8, 4) is 5.75 Å². The molecule has 0 aliphatic rings. The second-order valence-electron chi connectivity index (χ2n) is 6.82. The van der Waals surface area contributed by atoms with Crippen LogP contribution in [-0.4, -0.2) is 43.9 Å². The first-order chi connectivity index (χ1) is 14.8. The molecule has 2 aromatic heterocycles. The minimum absolute atomic E-state index is 0.0638. The minimum Gasteiger partial charge on any atom is -0.497 e. The van der Waals surface area contributed by atoms with E-state index in [1.54, 1.807) is 49.9 Å². The van der Waals surface area contributed by atoms with Gasteiger partial charge in [0.15, 0.2) is 10.3 Å². The summed E-state index contributed by atoms with van der Waals surface area (Å²) in [5.41, 5.74) is 1.58. The van der Waals surface area contributed by atoms with Gasteiger partial charge >= 0.3 is 0 Å². The van der Waals surface area contributed by atoms with E-state index in [0.717, 1.165) is 10.6 Å². The Balaban J connectivity index is 1.57. The summed E-state index contributed by atoms with van der Waals surface area (Å²) >= 11 is 2.72. The zero-order chi connectivity index (χ0) is 22.5. The molecule has 0 spiro atoms. The zero-order valence-corrected chi connectivity index (χ0v) is 19.6. The first kappa shape index (κ1) is 22.8. The number of benzene rings is 1. The number of nitrogens with one attached hydrogen (secondary N) is 2. The van der Waals surface area contributed by atoms with Gasteiger partial charge in [0.25, 0.3) is 0 Å². The number of carbonyl (C=O) groups excluding carboxylic acids is 2. The summed E-state index contributed by atoms with van der Waals surface area (Å²) in [5.74, 6) is 0.844. The highest BCUT2D eigenvalue weighted by atomic mass is 32.2. The Morgan fingerprint density at radius 3 is 2.52 bits per heavy atom. The van der Waals surface area contributed by atoms with Crippen molar-refractivity contribution in [2.24, 2.45) is 7.05 Å². The van der Waals surface area contributed by atoms with Crippen LogP contribution < -0.4 is 15.4 Å². The van der Waals surface area contributed by atoms with E-state index < -0.39 is 5.25 Å². The van der Waals surface area contributed by atoms with Gasteiger partial charge in [-0.25, -0.2) is 4.98 Å². The fourth-order valence-electron chi connectivity index (χ4n) is 2.57. The van der Waals surface area contributed by atoms with Crippen LogP contribution in [0.1, 0.15) is 23.3 Å². The van der Waals surface area contributed by atoms with Gasteiger partial charge in [-0.2, -0.15) is 0 Å². The summed E-state index contributed by atoms with van der Waals surface area (Å²) in [6.07, 6.45) is 0.0638. The van der Waals surface area contributed by atoms with E-state index in [0.29, 0.717) is 27.5 Å². The van der Waals surface area contributed by atoms with E-state index in [4.69, 9.17) is 4.74 Å². The molecule has 0 fully saturated rings. The Bertz CT molecular complexity index is 1060. The summed E-state index contributed by atoms with van der Waals surface area (Å²) in [5, 5.41) is 14.6. The number of anilines is 2. The van der Waals surface area contributed by atoms with Crippen LogP contribution in [0, 0.1) is 13.8 Å². The number of hydrogen-bond donors (Lipinski definition) is 2. The smallest absolute Gasteiger partial charge is 0.239 e. The predicted octanol–water partition coefficient (Wildman–Crippen LogP) is 3.20. The van der Waals surface area contributed by atoms with E-state index in [9.17, 15) is 9.59 Å². The van der Waals surface area contributed by atoms with Gasteiger partial charge in [0, 0.05) is 17.6 Å². The summed E-state index contributed by atoms with van der Waals surface area (Å²) in [4.78, 5) is 30.2. The fourth-order valence-corrected chi connectivity index (χ4v) is 4.22. The van der Waals surface area contributed by atoms with Gasteiger partial charge < -0.3 is 19.9 Å². The van der Waals surface area contributed by atoms with Crippen molar-refractivity contribution in [1.29, 1.82) is 0 Å². The van der Waals surface area contributed by atoms with E-state index in [-0.39, 0.29) is 18.2 Å². The number of rotatable bonds is 8. The van der Waals surface area contributed by atoms with Gasteiger partial charge in [-0.05, 0) is 45.0 Å². The van der Waals surface area contributed by atoms with E-state index in [1.165, 1.54) is 23.1 Å². The number of aryl methyl sites for hydroxylation is 2. The molecule has 1 aromatic carbocycles. The molecule has 0 saturated carbocycles. The Labute approximate surface area is 188 Å². The van der Waals surface area contributed by atoms with Gasteiger partial charge in [0.2, 0.25) is 11.8 Å². The van der Waals surface area contributed by atoms with Crippen LogP contribution in [0.25, 0.3) is 0 Å². The molecule has 0 unspecified atom stereocenters. The molecule has 9 nitrogen and oxygen atoms in total. The molecule has 0 radical (unpaired) electrons. The highest BCUT2D eigenvalue weighted by Gasteiger charge is 2.21. The third-order valence-corrected chi connectivity index (χ3v) is 6.65. The quantitative estimate of drug-likeness (QED) is 0.497. The molecule has 0 aliphatic carbocycles. The first-order valence-corrected chi connectivity index (χ1v) is 11.2. The highest BCUT2D eigenvalue weighted by molar-refractivity contribution is 8.00. The first-order valence-electron chi connectivity index (χ1n) is 9.50. The lowest BCUT2D eigenvalue weighted by molar-refractivity contribution is -0.116. The maximum atomic E-state index is 12.5. The number of carbonyl (C=O) groups is 2. The maximum absolute atomic E-state index is 12.5. The third-order valence-electron chi connectivity index (χ3n) is 4.53. The average Bonchev–Trinajstić information content (AvgIpc) is 3.23. The number of ether oxygens (including phenoxy) is 1. The van der Waals surface area contributed by atoms with E-state index in [2.05, 4.69) is 25.8 Å². The highest BCUT2D eigenvalue weighted by Crippen LogP contribution is 2.25. The summed E-state index contributed by atoms with van der Waals surface area (Å²) in [7, 11) is 3.36. The number of thiazole rings is 1. The molecule has 3 rings (SSSR count). The molecule has 31 heavy (non-hydrogen) atoms. The van der Waals surface area contributed by atoms with Crippen molar-refractivity contribution in [3.05, 3.63) is 40.7 Å². The monoisotopic (exact) mass is 460 g/mol. The van der Waals surface area contributed by atoms with Gasteiger partial charge in [0.05, 0.1) is 24.5 Å². The Kier molecular flexibility index (Phi) is 7.29. The van der Waals surface area contributed by atoms with Crippen molar-refractivity contribution >= 4 is 45.7 Å². The van der Waals surface area contributed by atoms with Crippen LogP contribution in [0.5, 0.6) is 5.75 Å². The lowest BCUT2D eigenvalue weighted by Gasteiger charge is -2.10. The molecular formula is C20H24N6O3S2. The predicted molar refractivity (Wildman–Crippen MR) is 122 cm³/mol. The molecule has 164 valence electrons. The van der Waals surface area contributed by atoms with Crippen LogP contribution in [0.15, 0.2) is 29.4 Å². The molecule has 0 saturated heterocycles. The SMILES string of the molecule is COc1ccc(NC(=O)Cc2nnc(S[C@H](C)C(=O)Nc3nc(C)c(C)s3)n2C)cc1. The van der Waals surface area contributed by atoms with Crippen molar-refractivity contribution in [1.82, 2.24) is 19.7 Å². The number of nitrogens with zero attached hydrogens (tertiary/aromatic N) is 4. The summed E-state index contributed by atoms with van der Waals surface area (Å²) in [6.45, 7) is 5.66. The molecule has 3 aromatic rings. The lowest BCUT2D eigenvalue weighted by Crippen LogP contribution is -2.23. The zero-order valence-electron chi connectivity index (χ0n) is 17.9. The molecule has 2 amide bonds. The number of thioether (sulfide) groups is 1. The van der Waals surface area contributed by atoms with Crippen molar-refractivity contribution in [2.75, 3.05) is 17.7 Å². The Morgan fingerprint density at radius 2 is 1.90 bits per heavy atom. The number of aromatic nitrogens is 4. The van der Waals surface area contributed by atoms with Gasteiger partial charge in [0.1, 0.15) is 11.6 Å². The number of methoxy groups -OCH3 is 1. The van der Waals surface area contributed by atoms with Crippen molar-refractivity contribution in [3.63, 3.8) is 0 Å². The molecule has 1 atom stereocenters. The number of hydrogen-bond acceptors (Lipinski definition) is 8. The largest absolute Gasteiger partial charge is 0.497 e. The molecular weight excluding hydrogens is 436 g/mol. The topological polar surface area (TPSA) is 111 Å². The lowest BCUT2D eigenvalue weighted by atomic mass is 10.3. The van der Waals surface area contributed by atoms with E-state index >= 15 is 0 Å². The van der Waals surface area contributed by atoms with Crippen LogP contribution in [0.2, 0.25) is 0 Å². The Morgan fingerprint density at radius 1 is 1.19 bits per heavy atom. The second kappa shape index (κ2) is 9.92. The standard InChI is InChI=1S/C20H24N6O3S2/c1-11-12(2)30-19(21-11)23-18(28)13(3)31-20-25-24-16(26(20)4)10-17(27)22-14-6-8-15(29-5)9-7-14/h6-9,13H,10H2,1-5H3,(H,22,27)(H,21,23,28)/t13-/m1/s1. The minimum atomic E-state index is -0.409. The maximum Gasteiger partial charge on any atom is 0.239 e. The molecule has 0 bridgehead atoms. The van der Waals surface area contributed by atoms with E-state index in [1.807, 2.05) is 13.8 Å². The molecule has 0 aliphatic heterocycles.